The molecular formula is C24H27Cl2N3O3. The third-order valence-corrected chi connectivity index (χ3v) is 5.96. The Labute approximate surface area is 198 Å². The van der Waals surface area contributed by atoms with E-state index >= 15 is 0 Å². The number of rotatable bonds is 5. The van der Waals surface area contributed by atoms with Crippen LogP contribution in [0, 0.1) is 0 Å². The number of nitrogens with zero attached hydrogens (tertiary/aromatic N) is 3. The van der Waals surface area contributed by atoms with E-state index in [0.717, 1.165) is 29.4 Å². The summed E-state index contributed by atoms with van der Waals surface area (Å²) in [5.74, 6) is 0. The van der Waals surface area contributed by atoms with Crippen LogP contribution in [0.1, 0.15) is 39.2 Å². The molecule has 1 saturated heterocycles. The molecule has 0 N–H and O–H groups in total. The molecule has 1 amide bonds. The highest BCUT2D eigenvalue weighted by atomic mass is 35.5. The molecule has 8 heteroatoms. The maximum absolute atomic E-state index is 12.6. The van der Waals surface area contributed by atoms with Crippen molar-refractivity contribution in [1.82, 2.24) is 14.5 Å². The Balaban J connectivity index is 1.55. The molecule has 1 aliphatic rings. The highest BCUT2D eigenvalue weighted by molar-refractivity contribution is 6.35. The average molecular weight is 476 g/mol. The molecule has 0 bridgehead atoms. The van der Waals surface area contributed by atoms with Crippen molar-refractivity contribution in [1.29, 1.82) is 0 Å². The van der Waals surface area contributed by atoms with Gasteiger partial charge in [0.1, 0.15) is 12.2 Å². The van der Waals surface area contributed by atoms with Crippen molar-refractivity contribution in [3.8, 4) is 6.01 Å². The van der Waals surface area contributed by atoms with Crippen molar-refractivity contribution < 1.29 is 14.3 Å². The highest BCUT2D eigenvalue weighted by Crippen LogP contribution is 2.28. The van der Waals surface area contributed by atoms with Crippen LogP contribution in [0.25, 0.3) is 11.0 Å². The van der Waals surface area contributed by atoms with Crippen LogP contribution in [0.5, 0.6) is 6.01 Å². The van der Waals surface area contributed by atoms with E-state index in [2.05, 4.69) is 4.98 Å². The molecule has 170 valence electrons. The lowest BCUT2D eigenvalue weighted by molar-refractivity contribution is 0.0183. The highest BCUT2D eigenvalue weighted by Gasteiger charge is 2.33. The van der Waals surface area contributed by atoms with Gasteiger partial charge in [0.2, 0.25) is 0 Å². The zero-order valence-corrected chi connectivity index (χ0v) is 20.0. The molecule has 0 saturated carbocycles. The van der Waals surface area contributed by atoms with E-state index in [1.165, 1.54) is 0 Å². The first-order chi connectivity index (χ1) is 15.2. The van der Waals surface area contributed by atoms with Gasteiger partial charge in [0.05, 0.1) is 23.6 Å². The van der Waals surface area contributed by atoms with Crippen molar-refractivity contribution in [2.75, 3.05) is 13.2 Å². The van der Waals surface area contributed by atoms with Crippen LogP contribution in [-0.4, -0.2) is 45.3 Å². The fourth-order valence-electron chi connectivity index (χ4n) is 3.88. The summed E-state index contributed by atoms with van der Waals surface area (Å²) in [5, 5.41) is 1.18. The Morgan fingerprint density at radius 2 is 1.97 bits per heavy atom. The van der Waals surface area contributed by atoms with Crippen LogP contribution in [0.3, 0.4) is 0 Å². The number of imidazole rings is 1. The number of hydrogen-bond acceptors (Lipinski definition) is 4. The number of benzene rings is 2. The number of ether oxygens (including phenoxy) is 2. The van der Waals surface area contributed by atoms with E-state index in [4.69, 9.17) is 32.7 Å². The van der Waals surface area contributed by atoms with E-state index in [9.17, 15) is 4.79 Å². The van der Waals surface area contributed by atoms with E-state index < -0.39 is 5.60 Å². The lowest BCUT2D eigenvalue weighted by atomic mass is 10.2. The monoisotopic (exact) mass is 475 g/mol. The molecule has 2 heterocycles. The smallest absolute Gasteiger partial charge is 0.410 e. The molecule has 1 aliphatic heterocycles. The van der Waals surface area contributed by atoms with Gasteiger partial charge in [-0.15, -0.1) is 0 Å². The number of carbonyl (C=O) groups excluding carboxylic acids is 1. The summed E-state index contributed by atoms with van der Waals surface area (Å²) in [6.07, 6.45) is 1.48. The van der Waals surface area contributed by atoms with Crippen LogP contribution in [-0.2, 0) is 11.3 Å². The predicted octanol–water partition coefficient (Wildman–Crippen LogP) is 6.17. The van der Waals surface area contributed by atoms with Crippen LogP contribution in [0.4, 0.5) is 4.79 Å². The fraction of sp³-hybridized carbons (Fsp3) is 0.417. The Morgan fingerprint density at radius 1 is 1.19 bits per heavy atom. The molecule has 2 aromatic carbocycles. The summed E-state index contributed by atoms with van der Waals surface area (Å²) in [4.78, 5) is 19.0. The first-order valence-corrected chi connectivity index (χ1v) is 11.5. The Bertz CT molecular complexity index is 1120. The Morgan fingerprint density at radius 3 is 2.72 bits per heavy atom. The zero-order chi connectivity index (χ0) is 22.9. The first kappa shape index (κ1) is 22.7. The van der Waals surface area contributed by atoms with Gasteiger partial charge in [-0.25, -0.2) is 4.79 Å². The molecule has 1 fully saturated rings. The summed E-state index contributed by atoms with van der Waals surface area (Å²) in [5.41, 5.74) is 2.17. The van der Waals surface area contributed by atoms with Crippen molar-refractivity contribution in [3.05, 3.63) is 58.1 Å². The van der Waals surface area contributed by atoms with Crippen molar-refractivity contribution in [2.24, 2.45) is 0 Å². The number of amides is 1. The summed E-state index contributed by atoms with van der Waals surface area (Å²) >= 11 is 12.5. The zero-order valence-electron chi connectivity index (χ0n) is 18.5. The van der Waals surface area contributed by atoms with Gasteiger partial charge in [-0.3, -0.25) is 4.57 Å². The summed E-state index contributed by atoms with van der Waals surface area (Å²) in [6, 6.07) is 13.8. The number of carbonyl (C=O) groups is 1. The van der Waals surface area contributed by atoms with E-state index in [-0.39, 0.29) is 12.1 Å². The minimum atomic E-state index is -0.531. The lowest BCUT2D eigenvalue weighted by Gasteiger charge is -2.28. The van der Waals surface area contributed by atoms with Crippen LogP contribution in [0.2, 0.25) is 10.0 Å². The van der Waals surface area contributed by atoms with Gasteiger partial charge in [0, 0.05) is 16.6 Å². The number of para-hydroxylation sites is 2. The predicted molar refractivity (Wildman–Crippen MR) is 127 cm³/mol. The normalized spacial score (nSPS) is 16.5. The fourth-order valence-corrected chi connectivity index (χ4v) is 4.35. The quantitative estimate of drug-likeness (QED) is 0.442. The van der Waals surface area contributed by atoms with Crippen molar-refractivity contribution >= 4 is 40.3 Å². The molecule has 0 spiro atoms. The second-order valence-electron chi connectivity index (χ2n) is 8.99. The molecule has 0 unspecified atom stereocenters. The van der Waals surface area contributed by atoms with Gasteiger partial charge in [0.25, 0.3) is 6.01 Å². The van der Waals surface area contributed by atoms with Crippen LogP contribution < -0.4 is 4.74 Å². The van der Waals surface area contributed by atoms with Crippen LogP contribution >= 0.6 is 23.2 Å². The maximum Gasteiger partial charge on any atom is 0.410 e. The van der Waals surface area contributed by atoms with Gasteiger partial charge in [-0.1, -0.05) is 41.4 Å². The van der Waals surface area contributed by atoms with Crippen molar-refractivity contribution in [2.45, 2.75) is 51.8 Å². The topological polar surface area (TPSA) is 56.6 Å². The number of halogens is 2. The van der Waals surface area contributed by atoms with Crippen molar-refractivity contribution in [3.63, 3.8) is 0 Å². The minimum Gasteiger partial charge on any atom is -0.462 e. The van der Waals surface area contributed by atoms with E-state index in [1.807, 2.05) is 61.7 Å². The number of fused-ring (bicyclic) bond motifs is 1. The molecule has 1 atom stereocenters. The molecule has 6 nitrogen and oxygen atoms in total. The molecule has 1 aromatic heterocycles. The molecule has 0 radical (unpaired) electrons. The standard InChI is InChI=1S/C24H27Cl2N3O3/c1-24(2,3)32-23(30)28-12-6-7-18(28)15-31-22-27-20-8-4-5-9-21(20)29(22)14-16-10-11-17(25)13-19(16)26/h4-5,8-11,13,18H,6-7,12,14-15H2,1-3H3/t18-/m0/s1. The number of likely N-dealkylation sites (tertiary alicyclic amines) is 1. The van der Waals surface area contributed by atoms with Gasteiger partial charge >= 0.3 is 6.09 Å². The average Bonchev–Trinajstić information content (AvgIpc) is 3.32. The lowest BCUT2D eigenvalue weighted by Crippen LogP contribution is -2.42. The van der Waals surface area contributed by atoms with Gasteiger partial charge < -0.3 is 14.4 Å². The van der Waals surface area contributed by atoms with E-state index in [1.54, 1.807) is 11.0 Å². The maximum atomic E-state index is 12.6. The number of hydrogen-bond donors (Lipinski definition) is 0. The largest absolute Gasteiger partial charge is 0.462 e. The third-order valence-electron chi connectivity index (χ3n) is 5.37. The molecule has 4 rings (SSSR count). The minimum absolute atomic E-state index is 0.0581. The van der Waals surface area contributed by atoms with Gasteiger partial charge in [0.15, 0.2) is 0 Å². The second kappa shape index (κ2) is 9.20. The summed E-state index contributed by atoms with van der Waals surface area (Å²) in [7, 11) is 0. The van der Waals surface area contributed by atoms with E-state index in [0.29, 0.717) is 35.8 Å². The molecule has 3 aromatic rings. The third kappa shape index (κ3) is 5.13. The van der Waals surface area contributed by atoms with Crippen LogP contribution in [0.15, 0.2) is 42.5 Å². The van der Waals surface area contributed by atoms with Gasteiger partial charge in [-0.05, 0) is 63.4 Å². The Hall–Kier alpha value is -2.44. The van der Waals surface area contributed by atoms with Gasteiger partial charge in [-0.2, -0.15) is 4.98 Å². The number of aromatic nitrogens is 2. The summed E-state index contributed by atoms with van der Waals surface area (Å²) < 4.78 is 13.7. The SMILES string of the molecule is CC(C)(C)OC(=O)N1CCC[C@H]1COc1nc2ccccc2n1Cc1ccc(Cl)cc1Cl. The molecular weight excluding hydrogens is 449 g/mol. The molecule has 32 heavy (non-hydrogen) atoms. The Kier molecular flexibility index (Phi) is 6.54. The molecule has 0 aliphatic carbocycles. The summed E-state index contributed by atoms with van der Waals surface area (Å²) in [6.45, 7) is 7.12. The first-order valence-electron chi connectivity index (χ1n) is 10.7. The second-order valence-corrected chi connectivity index (χ2v) is 9.83.